The van der Waals surface area contributed by atoms with Gasteiger partial charge in [-0.1, -0.05) is 12.1 Å². The molecule has 3 atom stereocenters. The summed E-state index contributed by atoms with van der Waals surface area (Å²) in [7, 11) is 1.64. The SMILES string of the molecule is COc1ccc(C[C@@H](C)NC(=O)[C@@H]2NCC[C@@H]2O)cc1. The smallest absolute Gasteiger partial charge is 0.240 e. The van der Waals surface area contributed by atoms with Crippen molar-refractivity contribution >= 4 is 5.91 Å². The first-order valence-electron chi connectivity index (χ1n) is 6.95. The number of ether oxygens (including phenoxy) is 1. The molecule has 2 rings (SSSR count). The third kappa shape index (κ3) is 3.71. The molecule has 20 heavy (non-hydrogen) atoms. The molecule has 0 aromatic heterocycles. The van der Waals surface area contributed by atoms with E-state index in [1.54, 1.807) is 7.11 Å². The molecule has 1 aromatic carbocycles. The fourth-order valence-electron chi connectivity index (χ4n) is 2.46. The molecule has 1 saturated heterocycles. The molecule has 1 heterocycles. The predicted molar refractivity (Wildman–Crippen MR) is 76.7 cm³/mol. The highest BCUT2D eigenvalue weighted by molar-refractivity contribution is 5.83. The number of nitrogens with one attached hydrogen (secondary N) is 2. The lowest BCUT2D eigenvalue weighted by Crippen LogP contribution is -2.49. The zero-order chi connectivity index (χ0) is 14.5. The molecule has 0 spiro atoms. The second-order valence-corrected chi connectivity index (χ2v) is 5.25. The van der Waals surface area contributed by atoms with Crippen LogP contribution in [0.3, 0.4) is 0 Å². The van der Waals surface area contributed by atoms with Crippen LogP contribution in [0.15, 0.2) is 24.3 Å². The van der Waals surface area contributed by atoms with Crippen molar-refractivity contribution in [1.82, 2.24) is 10.6 Å². The topological polar surface area (TPSA) is 70.6 Å². The number of rotatable bonds is 5. The van der Waals surface area contributed by atoms with Crippen molar-refractivity contribution in [2.24, 2.45) is 0 Å². The Morgan fingerprint density at radius 1 is 1.50 bits per heavy atom. The molecule has 1 fully saturated rings. The highest BCUT2D eigenvalue weighted by atomic mass is 16.5. The van der Waals surface area contributed by atoms with E-state index in [1.807, 2.05) is 31.2 Å². The summed E-state index contributed by atoms with van der Waals surface area (Å²) in [6, 6.07) is 7.34. The molecular formula is C15H22N2O3. The second kappa shape index (κ2) is 6.72. The maximum absolute atomic E-state index is 12.0. The van der Waals surface area contributed by atoms with Gasteiger partial charge in [-0.15, -0.1) is 0 Å². The highest BCUT2D eigenvalue weighted by Gasteiger charge is 2.31. The van der Waals surface area contributed by atoms with Crippen LogP contribution in [-0.2, 0) is 11.2 Å². The molecule has 5 heteroatoms. The minimum Gasteiger partial charge on any atom is -0.497 e. The molecule has 3 N–H and O–H groups in total. The summed E-state index contributed by atoms with van der Waals surface area (Å²) in [4.78, 5) is 12.0. The van der Waals surface area contributed by atoms with Gasteiger partial charge in [0.15, 0.2) is 0 Å². The van der Waals surface area contributed by atoms with Gasteiger partial charge in [0.1, 0.15) is 11.8 Å². The van der Waals surface area contributed by atoms with E-state index in [9.17, 15) is 9.90 Å². The molecule has 110 valence electrons. The quantitative estimate of drug-likeness (QED) is 0.732. The second-order valence-electron chi connectivity index (χ2n) is 5.25. The number of aliphatic hydroxyl groups excluding tert-OH is 1. The summed E-state index contributed by atoms with van der Waals surface area (Å²) in [5.41, 5.74) is 1.14. The number of carbonyl (C=O) groups is 1. The molecule has 1 aliphatic rings. The van der Waals surface area contributed by atoms with Crippen molar-refractivity contribution in [2.75, 3.05) is 13.7 Å². The average molecular weight is 278 g/mol. The number of amides is 1. The van der Waals surface area contributed by atoms with Crippen molar-refractivity contribution < 1.29 is 14.6 Å². The highest BCUT2D eigenvalue weighted by Crippen LogP contribution is 2.13. The van der Waals surface area contributed by atoms with E-state index in [-0.39, 0.29) is 11.9 Å². The number of aliphatic hydroxyl groups is 1. The first-order chi connectivity index (χ1) is 9.60. The first-order valence-corrected chi connectivity index (χ1v) is 6.95. The van der Waals surface area contributed by atoms with Crippen LogP contribution in [0.2, 0.25) is 0 Å². The molecule has 0 radical (unpaired) electrons. The van der Waals surface area contributed by atoms with Gasteiger partial charge < -0.3 is 20.5 Å². The fourth-order valence-corrected chi connectivity index (χ4v) is 2.46. The summed E-state index contributed by atoms with van der Waals surface area (Å²) in [5.74, 6) is 0.694. The monoisotopic (exact) mass is 278 g/mol. The van der Waals surface area contributed by atoms with Gasteiger partial charge >= 0.3 is 0 Å². The lowest BCUT2D eigenvalue weighted by Gasteiger charge is -2.19. The molecular weight excluding hydrogens is 256 g/mol. The third-order valence-corrected chi connectivity index (χ3v) is 3.56. The zero-order valence-corrected chi connectivity index (χ0v) is 11.9. The number of methoxy groups -OCH3 is 1. The lowest BCUT2D eigenvalue weighted by molar-refractivity contribution is -0.125. The molecule has 0 bridgehead atoms. The van der Waals surface area contributed by atoms with Gasteiger partial charge in [0.05, 0.1) is 13.2 Å². The van der Waals surface area contributed by atoms with Crippen LogP contribution >= 0.6 is 0 Å². The van der Waals surface area contributed by atoms with Crippen LogP contribution in [0.1, 0.15) is 18.9 Å². The Balaban J connectivity index is 1.85. The van der Waals surface area contributed by atoms with Crippen LogP contribution < -0.4 is 15.4 Å². The molecule has 1 aliphatic heterocycles. The van der Waals surface area contributed by atoms with Crippen LogP contribution in [0, 0.1) is 0 Å². The van der Waals surface area contributed by atoms with E-state index in [0.717, 1.165) is 17.7 Å². The largest absolute Gasteiger partial charge is 0.497 e. The van der Waals surface area contributed by atoms with Crippen molar-refractivity contribution in [3.63, 3.8) is 0 Å². The van der Waals surface area contributed by atoms with Gasteiger partial charge in [0.2, 0.25) is 5.91 Å². The Labute approximate surface area is 119 Å². The van der Waals surface area contributed by atoms with E-state index in [0.29, 0.717) is 13.0 Å². The van der Waals surface area contributed by atoms with Crippen molar-refractivity contribution in [2.45, 2.75) is 38.0 Å². The lowest BCUT2D eigenvalue weighted by atomic mass is 10.1. The predicted octanol–water partition coefficient (Wildman–Crippen LogP) is 0.465. The molecule has 5 nitrogen and oxygen atoms in total. The van der Waals surface area contributed by atoms with E-state index < -0.39 is 12.1 Å². The standard InChI is InChI=1S/C15H22N2O3/c1-10(9-11-3-5-12(20-2)6-4-11)17-15(19)14-13(18)7-8-16-14/h3-6,10,13-14,16,18H,7-9H2,1-2H3,(H,17,19)/t10-,13+,14-/m1/s1. The summed E-state index contributed by atoms with van der Waals surface area (Å²) in [6.45, 7) is 2.65. The van der Waals surface area contributed by atoms with Gasteiger partial charge in [-0.25, -0.2) is 0 Å². The first kappa shape index (κ1) is 14.8. The molecule has 0 unspecified atom stereocenters. The summed E-state index contributed by atoms with van der Waals surface area (Å²) in [6.07, 6.45) is 0.798. The van der Waals surface area contributed by atoms with E-state index >= 15 is 0 Å². The van der Waals surface area contributed by atoms with Gasteiger partial charge in [-0.3, -0.25) is 4.79 Å². The van der Waals surface area contributed by atoms with Gasteiger partial charge in [-0.2, -0.15) is 0 Å². The Kier molecular flexibility index (Phi) is 4.98. The Hall–Kier alpha value is -1.59. The summed E-state index contributed by atoms with van der Waals surface area (Å²) in [5, 5.41) is 15.6. The minimum absolute atomic E-state index is 0.0190. The van der Waals surface area contributed by atoms with Crippen molar-refractivity contribution in [1.29, 1.82) is 0 Å². The molecule has 1 amide bonds. The molecule has 1 aromatic rings. The van der Waals surface area contributed by atoms with Gasteiger partial charge in [0.25, 0.3) is 0 Å². The maximum Gasteiger partial charge on any atom is 0.240 e. The van der Waals surface area contributed by atoms with Crippen LogP contribution in [0.25, 0.3) is 0 Å². The number of carbonyl (C=O) groups excluding carboxylic acids is 1. The number of benzene rings is 1. The van der Waals surface area contributed by atoms with E-state index in [4.69, 9.17) is 4.74 Å². The van der Waals surface area contributed by atoms with Crippen LogP contribution in [0.4, 0.5) is 0 Å². The average Bonchev–Trinajstić information content (AvgIpc) is 2.86. The molecule has 0 aliphatic carbocycles. The minimum atomic E-state index is -0.580. The summed E-state index contributed by atoms with van der Waals surface area (Å²) < 4.78 is 5.11. The normalized spacial score (nSPS) is 23.4. The number of hydrogen-bond donors (Lipinski definition) is 3. The summed E-state index contributed by atoms with van der Waals surface area (Å²) >= 11 is 0. The van der Waals surface area contributed by atoms with Crippen LogP contribution in [-0.4, -0.2) is 42.9 Å². The van der Waals surface area contributed by atoms with Crippen LogP contribution in [0.5, 0.6) is 5.75 Å². The zero-order valence-electron chi connectivity index (χ0n) is 11.9. The fraction of sp³-hybridized carbons (Fsp3) is 0.533. The van der Waals surface area contributed by atoms with Crippen molar-refractivity contribution in [3.05, 3.63) is 29.8 Å². The van der Waals surface area contributed by atoms with Gasteiger partial charge in [0, 0.05) is 6.04 Å². The van der Waals surface area contributed by atoms with E-state index in [1.165, 1.54) is 0 Å². The third-order valence-electron chi connectivity index (χ3n) is 3.56. The van der Waals surface area contributed by atoms with E-state index in [2.05, 4.69) is 10.6 Å². The Bertz CT molecular complexity index is 447. The Morgan fingerprint density at radius 3 is 2.75 bits per heavy atom. The Morgan fingerprint density at radius 2 is 2.20 bits per heavy atom. The maximum atomic E-state index is 12.0. The number of hydrogen-bond acceptors (Lipinski definition) is 4. The molecule has 0 saturated carbocycles. The van der Waals surface area contributed by atoms with Gasteiger partial charge in [-0.05, 0) is 44.0 Å². The van der Waals surface area contributed by atoms with Crippen molar-refractivity contribution in [3.8, 4) is 5.75 Å².